The third kappa shape index (κ3) is 4.98. The van der Waals surface area contributed by atoms with Crippen LogP contribution in [0.5, 0.6) is 5.75 Å². The molecule has 0 aliphatic rings. The number of hydrogen-bond acceptors (Lipinski definition) is 4. The Labute approximate surface area is 113 Å². The molecule has 5 nitrogen and oxygen atoms in total. The van der Waals surface area contributed by atoms with Gasteiger partial charge in [0.15, 0.2) is 0 Å². The van der Waals surface area contributed by atoms with Crippen LogP contribution in [0.2, 0.25) is 0 Å². The van der Waals surface area contributed by atoms with Crippen molar-refractivity contribution in [2.75, 3.05) is 20.2 Å². The third-order valence-corrected chi connectivity index (χ3v) is 2.73. The Kier molecular flexibility index (Phi) is 6.41. The molecule has 0 radical (unpaired) electrons. The molecule has 2 N–H and O–H groups in total. The molecular weight excluding hydrogens is 242 g/mol. The van der Waals surface area contributed by atoms with Gasteiger partial charge in [-0.25, -0.2) is 0 Å². The van der Waals surface area contributed by atoms with E-state index in [1.165, 1.54) is 0 Å². The monoisotopic (exact) mass is 261 g/mol. The van der Waals surface area contributed by atoms with Crippen LogP contribution in [0.4, 0.5) is 0 Å². The summed E-state index contributed by atoms with van der Waals surface area (Å²) < 4.78 is 5.28. The van der Waals surface area contributed by atoms with Crippen molar-refractivity contribution in [2.24, 2.45) is 0 Å². The van der Waals surface area contributed by atoms with Gasteiger partial charge in [-0.2, -0.15) is 5.26 Å². The normalized spacial score (nSPS) is 11.4. The first-order valence-electron chi connectivity index (χ1n) is 6.19. The molecule has 102 valence electrons. The smallest absolute Gasteiger partial charge is 0.234 e. The zero-order chi connectivity index (χ0) is 14.1. The molecule has 0 aliphatic carbocycles. The molecule has 1 rings (SSSR count). The number of carbonyl (C=O) groups is 1. The Morgan fingerprint density at radius 1 is 1.47 bits per heavy atom. The maximum absolute atomic E-state index is 11.5. The van der Waals surface area contributed by atoms with E-state index in [1.807, 2.05) is 37.3 Å². The number of nitriles is 1. The Bertz CT molecular complexity index is 454. The highest BCUT2D eigenvalue weighted by atomic mass is 16.5. The van der Waals surface area contributed by atoms with Gasteiger partial charge in [-0.05, 0) is 13.0 Å². The highest BCUT2D eigenvalue weighted by Gasteiger charge is 2.11. The van der Waals surface area contributed by atoms with Gasteiger partial charge in [0.05, 0.1) is 26.1 Å². The standard InChI is InChI=1S/C14H19N3O2/c1-11(12-6-3-4-7-13(12)19-2)17-10-14(18)16-9-5-8-15/h3-4,6-7,11,17H,5,9-10H2,1-2H3,(H,16,18)/t11-/m0/s1. The lowest BCUT2D eigenvalue weighted by Gasteiger charge is -2.16. The fraction of sp³-hybridized carbons (Fsp3) is 0.429. The van der Waals surface area contributed by atoms with Crippen molar-refractivity contribution in [3.05, 3.63) is 29.8 Å². The van der Waals surface area contributed by atoms with Crippen LogP contribution in [-0.4, -0.2) is 26.1 Å². The molecule has 0 saturated heterocycles. The number of hydrogen-bond donors (Lipinski definition) is 2. The third-order valence-electron chi connectivity index (χ3n) is 2.73. The van der Waals surface area contributed by atoms with Gasteiger partial charge in [-0.15, -0.1) is 0 Å². The molecule has 1 aromatic rings. The Morgan fingerprint density at radius 2 is 2.21 bits per heavy atom. The molecule has 0 saturated carbocycles. The number of methoxy groups -OCH3 is 1. The average Bonchev–Trinajstić information content (AvgIpc) is 2.45. The van der Waals surface area contributed by atoms with Crippen LogP contribution < -0.4 is 15.4 Å². The van der Waals surface area contributed by atoms with E-state index in [0.29, 0.717) is 13.0 Å². The van der Waals surface area contributed by atoms with Crippen molar-refractivity contribution >= 4 is 5.91 Å². The first-order valence-corrected chi connectivity index (χ1v) is 6.19. The van der Waals surface area contributed by atoms with Crippen LogP contribution in [-0.2, 0) is 4.79 Å². The zero-order valence-corrected chi connectivity index (χ0v) is 11.3. The number of benzene rings is 1. The van der Waals surface area contributed by atoms with Crippen LogP contribution >= 0.6 is 0 Å². The molecule has 0 fully saturated rings. The minimum Gasteiger partial charge on any atom is -0.496 e. The molecule has 1 aromatic carbocycles. The second-order valence-corrected chi connectivity index (χ2v) is 4.10. The van der Waals surface area contributed by atoms with Gasteiger partial charge in [0.2, 0.25) is 5.91 Å². The molecule has 0 aliphatic heterocycles. The summed E-state index contributed by atoms with van der Waals surface area (Å²) in [4.78, 5) is 11.5. The Morgan fingerprint density at radius 3 is 2.89 bits per heavy atom. The quantitative estimate of drug-likeness (QED) is 0.727. The number of ether oxygens (including phenoxy) is 1. The van der Waals surface area contributed by atoms with E-state index < -0.39 is 0 Å². The number of para-hydroxylation sites is 1. The fourth-order valence-electron chi connectivity index (χ4n) is 1.70. The van der Waals surface area contributed by atoms with E-state index in [4.69, 9.17) is 10.00 Å². The lowest BCUT2D eigenvalue weighted by Crippen LogP contribution is -2.35. The second-order valence-electron chi connectivity index (χ2n) is 4.10. The van der Waals surface area contributed by atoms with Gasteiger partial charge in [0, 0.05) is 18.2 Å². The van der Waals surface area contributed by atoms with E-state index in [9.17, 15) is 4.79 Å². The SMILES string of the molecule is COc1ccccc1[C@H](C)NCC(=O)NCCC#N. The molecule has 0 bridgehead atoms. The van der Waals surface area contributed by atoms with Gasteiger partial charge in [0.1, 0.15) is 5.75 Å². The molecule has 0 aromatic heterocycles. The first-order chi connectivity index (χ1) is 9.19. The van der Waals surface area contributed by atoms with Crippen LogP contribution in [0.25, 0.3) is 0 Å². The zero-order valence-electron chi connectivity index (χ0n) is 11.3. The topological polar surface area (TPSA) is 74.2 Å². The molecule has 1 amide bonds. The summed E-state index contributed by atoms with van der Waals surface area (Å²) in [5.41, 5.74) is 1.01. The minimum atomic E-state index is -0.114. The summed E-state index contributed by atoms with van der Waals surface area (Å²) in [6.07, 6.45) is 0.327. The number of nitrogens with one attached hydrogen (secondary N) is 2. The Hall–Kier alpha value is -2.06. The number of rotatable bonds is 7. The summed E-state index contributed by atoms with van der Waals surface area (Å²) in [6, 6.07) is 9.68. The number of carbonyl (C=O) groups excluding carboxylic acids is 1. The van der Waals surface area contributed by atoms with Gasteiger partial charge >= 0.3 is 0 Å². The molecule has 5 heteroatoms. The molecular formula is C14H19N3O2. The van der Waals surface area contributed by atoms with Gasteiger partial charge in [0.25, 0.3) is 0 Å². The van der Waals surface area contributed by atoms with Gasteiger partial charge < -0.3 is 15.4 Å². The van der Waals surface area contributed by atoms with Gasteiger partial charge in [-0.1, -0.05) is 18.2 Å². The molecule has 1 atom stereocenters. The van der Waals surface area contributed by atoms with Crippen molar-refractivity contribution in [3.8, 4) is 11.8 Å². The number of amides is 1. The van der Waals surface area contributed by atoms with Crippen molar-refractivity contribution in [3.63, 3.8) is 0 Å². The summed E-state index contributed by atoms with van der Waals surface area (Å²) in [5.74, 6) is 0.685. The predicted molar refractivity (Wildman–Crippen MR) is 72.7 cm³/mol. The second kappa shape index (κ2) is 8.11. The maximum Gasteiger partial charge on any atom is 0.234 e. The van der Waals surface area contributed by atoms with E-state index in [1.54, 1.807) is 7.11 Å². The summed E-state index contributed by atoms with van der Waals surface area (Å²) in [6.45, 7) is 2.57. The molecule has 0 heterocycles. The first kappa shape index (κ1) is 15.0. The van der Waals surface area contributed by atoms with Crippen LogP contribution in [0.1, 0.15) is 24.9 Å². The summed E-state index contributed by atoms with van der Waals surface area (Å²) in [7, 11) is 1.63. The van der Waals surface area contributed by atoms with Gasteiger partial charge in [-0.3, -0.25) is 4.79 Å². The molecule has 19 heavy (non-hydrogen) atoms. The van der Waals surface area contributed by atoms with E-state index in [-0.39, 0.29) is 18.5 Å². The summed E-state index contributed by atoms with van der Waals surface area (Å²) >= 11 is 0. The van der Waals surface area contributed by atoms with Crippen molar-refractivity contribution < 1.29 is 9.53 Å². The minimum absolute atomic E-state index is 0.0119. The molecule has 0 unspecified atom stereocenters. The van der Waals surface area contributed by atoms with E-state index in [2.05, 4.69) is 10.6 Å². The highest BCUT2D eigenvalue weighted by molar-refractivity contribution is 5.78. The van der Waals surface area contributed by atoms with Crippen molar-refractivity contribution in [2.45, 2.75) is 19.4 Å². The number of nitrogens with zero attached hydrogens (tertiary/aromatic N) is 1. The summed E-state index contributed by atoms with van der Waals surface area (Å²) in [5, 5.41) is 14.2. The predicted octanol–water partition coefficient (Wildman–Crippen LogP) is 1.38. The van der Waals surface area contributed by atoms with E-state index >= 15 is 0 Å². The van der Waals surface area contributed by atoms with E-state index in [0.717, 1.165) is 11.3 Å². The Balaban J connectivity index is 2.45. The lowest BCUT2D eigenvalue weighted by molar-refractivity contribution is -0.120. The van der Waals surface area contributed by atoms with Crippen molar-refractivity contribution in [1.82, 2.24) is 10.6 Å². The average molecular weight is 261 g/mol. The van der Waals surface area contributed by atoms with Crippen LogP contribution in [0, 0.1) is 11.3 Å². The van der Waals surface area contributed by atoms with Crippen LogP contribution in [0.3, 0.4) is 0 Å². The fourth-order valence-corrected chi connectivity index (χ4v) is 1.70. The van der Waals surface area contributed by atoms with Crippen molar-refractivity contribution in [1.29, 1.82) is 5.26 Å². The van der Waals surface area contributed by atoms with Crippen LogP contribution in [0.15, 0.2) is 24.3 Å². The highest BCUT2D eigenvalue weighted by Crippen LogP contribution is 2.23. The largest absolute Gasteiger partial charge is 0.496 e. The lowest BCUT2D eigenvalue weighted by atomic mass is 10.1. The maximum atomic E-state index is 11.5. The molecule has 0 spiro atoms.